The fourth-order valence-corrected chi connectivity index (χ4v) is 2.02. The van der Waals surface area contributed by atoms with Crippen molar-refractivity contribution in [3.05, 3.63) is 36.3 Å². The molecule has 0 amide bonds. The van der Waals surface area contributed by atoms with Crippen molar-refractivity contribution in [2.45, 2.75) is 19.9 Å². The van der Waals surface area contributed by atoms with Crippen LogP contribution >= 0.6 is 11.6 Å². The number of rotatable bonds is 4. The van der Waals surface area contributed by atoms with Gasteiger partial charge in [0.05, 0.1) is 0 Å². The van der Waals surface area contributed by atoms with Crippen LogP contribution in [0.4, 0.5) is 0 Å². The predicted octanol–water partition coefficient (Wildman–Crippen LogP) is 1.98. The number of hydrogen-bond donors (Lipinski definition) is 0. The molecule has 3 aromatic rings. The first kappa shape index (κ1) is 12.7. The maximum Gasteiger partial charge on any atom is 0.239 e. The van der Waals surface area contributed by atoms with Crippen molar-refractivity contribution >= 4 is 11.6 Å². The lowest BCUT2D eigenvalue weighted by molar-refractivity contribution is 0.606. The second-order valence-corrected chi connectivity index (χ2v) is 4.48. The van der Waals surface area contributed by atoms with Crippen LogP contribution in [0.15, 0.2) is 31.0 Å². The van der Waals surface area contributed by atoms with Crippen LogP contribution in [-0.4, -0.2) is 34.3 Å². The van der Waals surface area contributed by atoms with E-state index in [2.05, 4.69) is 32.0 Å². The molecule has 8 heteroatoms. The molecule has 3 rings (SSSR count). The lowest BCUT2D eigenvalue weighted by atomic mass is 10.4. The van der Waals surface area contributed by atoms with Gasteiger partial charge in [-0.2, -0.15) is 20.1 Å². The molecule has 0 radical (unpaired) electrons. The van der Waals surface area contributed by atoms with E-state index >= 15 is 0 Å². The van der Waals surface area contributed by atoms with E-state index in [1.165, 1.54) is 0 Å². The number of halogens is 1. The maximum absolute atomic E-state index is 5.99. The predicted molar refractivity (Wildman–Crippen MR) is 73.5 cm³/mol. The molecule has 7 nitrogen and oxygen atoms in total. The molecule has 20 heavy (non-hydrogen) atoms. The molecule has 3 heterocycles. The van der Waals surface area contributed by atoms with E-state index in [9.17, 15) is 0 Å². The van der Waals surface area contributed by atoms with Crippen LogP contribution in [0.1, 0.15) is 13.3 Å². The molecule has 0 unspecified atom stereocenters. The monoisotopic (exact) mass is 289 g/mol. The summed E-state index contributed by atoms with van der Waals surface area (Å²) in [6.45, 7) is 2.88. The molecular weight excluding hydrogens is 278 g/mol. The fraction of sp³-hybridized carbons (Fsp3) is 0.250. The van der Waals surface area contributed by atoms with Gasteiger partial charge in [-0.3, -0.25) is 9.25 Å². The minimum atomic E-state index is 0.142. The van der Waals surface area contributed by atoms with Gasteiger partial charge >= 0.3 is 0 Å². The largest absolute Gasteiger partial charge is 0.274 e. The lowest BCUT2D eigenvalue weighted by Crippen LogP contribution is -2.07. The molecule has 0 spiro atoms. The third-order valence-corrected chi connectivity index (χ3v) is 2.88. The molecule has 0 aromatic carbocycles. The van der Waals surface area contributed by atoms with Crippen molar-refractivity contribution in [3.8, 4) is 17.5 Å². The average Bonchev–Trinajstić information content (AvgIpc) is 3.09. The highest BCUT2D eigenvalue weighted by Gasteiger charge is 2.12. The van der Waals surface area contributed by atoms with Crippen LogP contribution in [0.25, 0.3) is 17.5 Å². The van der Waals surface area contributed by atoms with E-state index in [1.807, 2.05) is 10.7 Å². The lowest BCUT2D eigenvalue weighted by Gasteiger charge is -2.07. The van der Waals surface area contributed by atoms with Crippen LogP contribution in [0.5, 0.6) is 0 Å². The molecule has 0 saturated carbocycles. The van der Waals surface area contributed by atoms with Crippen LogP contribution in [0.2, 0.25) is 5.28 Å². The standard InChI is InChI=1S/C12H12ClN7/c1-2-6-20-9(3-4-15-20)10-16-11(13)18-12(17-10)19-7-5-14-8-19/h3-5,7-8H,2,6H2,1H3. The highest BCUT2D eigenvalue weighted by atomic mass is 35.5. The van der Waals surface area contributed by atoms with Gasteiger partial charge in [-0.15, -0.1) is 0 Å². The van der Waals surface area contributed by atoms with Gasteiger partial charge in [-0.05, 0) is 24.1 Å². The Morgan fingerprint density at radius 1 is 1.20 bits per heavy atom. The van der Waals surface area contributed by atoms with Gasteiger partial charge in [0, 0.05) is 25.1 Å². The van der Waals surface area contributed by atoms with Crippen molar-refractivity contribution in [1.29, 1.82) is 0 Å². The van der Waals surface area contributed by atoms with Crippen molar-refractivity contribution in [3.63, 3.8) is 0 Å². The Morgan fingerprint density at radius 3 is 2.85 bits per heavy atom. The summed E-state index contributed by atoms with van der Waals surface area (Å²) in [4.78, 5) is 16.7. The van der Waals surface area contributed by atoms with Gasteiger partial charge in [0.1, 0.15) is 12.0 Å². The quantitative estimate of drug-likeness (QED) is 0.734. The first-order valence-electron chi connectivity index (χ1n) is 6.20. The Kier molecular flexibility index (Phi) is 3.42. The zero-order chi connectivity index (χ0) is 13.9. The summed E-state index contributed by atoms with van der Waals surface area (Å²) >= 11 is 5.99. The maximum atomic E-state index is 5.99. The van der Waals surface area contributed by atoms with E-state index in [4.69, 9.17) is 11.6 Å². The van der Waals surface area contributed by atoms with E-state index in [1.54, 1.807) is 29.5 Å². The topological polar surface area (TPSA) is 74.3 Å². The Bertz CT molecular complexity index is 704. The number of aryl methyl sites for hydroxylation is 1. The molecule has 0 fully saturated rings. The van der Waals surface area contributed by atoms with Gasteiger partial charge in [0.15, 0.2) is 5.82 Å². The summed E-state index contributed by atoms with van der Waals surface area (Å²) in [5.74, 6) is 0.932. The van der Waals surface area contributed by atoms with Crippen molar-refractivity contribution in [2.24, 2.45) is 0 Å². The Morgan fingerprint density at radius 2 is 2.10 bits per heavy atom. The van der Waals surface area contributed by atoms with Crippen molar-refractivity contribution in [2.75, 3.05) is 0 Å². The zero-order valence-electron chi connectivity index (χ0n) is 10.8. The zero-order valence-corrected chi connectivity index (χ0v) is 11.6. The molecule has 0 saturated heterocycles. The minimum Gasteiger partial charge on any atom is -0.274 e. The molecule has 0 aliphatic heterocycles. The highest BCUT2D eigenvalue weighted by Crippen LogP contribution is 2.17. The Hall–Kier alpha value is -2.28. The molecule has 0 aliphatic carbocycles. The average molecular weight is 290 g/mol. The van der Waals surface area contributed by atoms with Crippen molar-refractivity contribution < 1.29 is 0 Å². The van der Waals surface area contributed by atoms with Crippen LogP contribution in [0.3, 0.4) is 0 Å². The molecular formula is C12H12ClN7. The second-order valence-electron chi connectivity index (χ2n) is 4.14. The summed E-state index contributed by atoms with van der Waals surface area (Å²) in [5.41, 5.74) is 0.817. The molecule has 0 aliphatic rings. The summed E-state index contributed by atoms with van der Waals surface area (Å²) in [6, 6.07) is 1.86. The Labute approximate surface area is 120 Å². The van der Waals surface area contributed by atoms with Crippen molar-refractivity contribution in [1.82, 2.24) is 34.3 Å². The normalized spacial score (nSPS) is 10.9. The summed E-state index contributed by atoms with van der Waals surface area (Å²) in [5, 5.41) is 4.40. The van der Waals surface area contributed by atoms with Gasteiger partial charge < -0.3 is 0 Å². The second kappa shape index (κ2) is 5.38. The first-order chi connectivity index (χ1) is 9.78. The highest BCUT2D eigenvalue weighted by molar-refractivity contribution is 6.28. The number of nitrogens with zero attached hydrogens (tertiary/aromatic N) is 7. The number of hydrogen-bond acceptors (Lipinski definition) is 5. The fourth-order valence-electron chi connectivity index (χ4n) is 1.86. The molecule has 102 valence electrons. The molecule has 0 atom stereocenters. The SMILES string of the molecule is CCCn1nccc1-c1nc(Cl)nc(-n2ccnc2)n1. The summed E-state index contributed by atoms with van der Waals surface area (Å²) in [6.07, 6.45) is 7.71. The van der Waals surface area contributed by atoms with Gasteiger partial charge in [0.25, 0.3) is 0 Å². The van der Waals surface area contributed by atoms with Gasteiger partial charge in [-0.1, -0.05) is 6.92 Å². The number of imidazole rings is 1. The van der Waals surface area contributed by atoms with E-state index < -0.39 is 0 Å². The Balaban J connectivity index is 2.08. The van der Waals surface area contributed by atoms with Crippen LogP contribution in [0, 0.1) is 0 Å². The third kappa shape index (κ3) is 2.39. The first-order valence-corrected chi connectivity index (χ1v) is 6.58. The third-order valence-electron chi connectivity index (χ3n) is 2.71. The molecule has 0 N–H and O–H groups in total. The van der Waals surface area contributed by atoms with Crippen LogP contribution < -0.4 is 0 Å². The van der Waals surface area contributed by atoms with Gasteiger partial charge in [0.2, 0.25) is 11.2 Å². The molecule has 0 bridgehead atoms. The summed E-state index contributed by atoms with van der Waals surface area (Å²) < 4.78 is 3.53. The van der Waals surface area contributed by atoms with E-state index in [0.717, 1.165) is 18.7 Å². The van der Waals surface area contributed by atoms with E-state index in [0.29, 0.717) is 11.8 Å². The van der Waals surface area contributed by atoms with Gasteiger partial charge in [-0.25, -0.2) is 4.98 Å². The minimum absolute atomic E-state index is 0.142. The molecule has 3 aromatic heterocycles. The van der Waals surface area contributed by atoms with Crippen LogP contribution in [-0.2, 0) is 6.54 Å². The summed E-state index contributed by atoms with van der Waals surface area (Å²) in [7, 11) is 0. The smallest absolute Gasteiger partial charge is 0.239 e. The number of aromatic nitrogens is 7. The van der Waals surface area contributed by atoms with E-state index in [-0.39, 0.29) is 5.28 Å².